The molecule has 4 nitrogen and oxygen atoms in total. The first kappa shape index (κ1) is 14.0. The van der Waals surface area contributed by atoms with E-state index in [9.17, 15) is 5.11 Å². The van der Waals surface area contributed by atoms with Gasteiger partial charge in [-0.15, -0.1) is 0 Å². The summed E-state index contributed by atoms with van der Waals surface area (Å²) in [6, 6.07) is 14.0. The minimum absolute atomic E-state index is 0.0677. The van der Waals surface area contributed by atoms with E-state index < -0.39 is 0 Å². The molecule has 2 atom stereocenters. The van der Waals surface area contributed by atoms with Crippen molar-refractivity contribution in [1.29, 1.82) is 0 Å². The van der Waals surface area contributed by atoms with E-state index in [4.69, 9.17) is 4.74 Å². The van der Waals surface area contributed by atoms with Crippen molar-refractivity contribution in [3.63, 3.8) is 0 Å². The molecule has 1 fully saturated rings. The number of hydrogen-bond acceptors (Lipinski definition) is 4. The molecule has 0 radical (unpaired) electrons. The number of aryl methyl sites for hydroxylation is 1. The Morgan fingerprint density at radius 3 is 2.86 bits per heavy atom. The van der Waals surface area contributed by atoms with Gasteiger partial charge < -0.3 is 15.2 Å². The van der Waals surface area contributed by atoms with E-state index in [1.165, 1.54) is 5.56 Å². The van der Waals surface area contributed by atoms with Crippen molar-refractivity contribution in [2.45, 2.75) is 32.0 Å². The van der Waals surface area contributed by atoms with Crippen LogP contribution in [-0.4, -0.2) is 22.7 Å². The Morgan fingerprint density at radius 1 is 1.24 bits per heavy atom. The average Bonchev–Trinajstić information content (AvgIpc) is 2.97. The lowest BCUT2D eigenvalue weighted by Gasteiger charge is -2.20. The van der Waals surface area contributed by atoms with Gasteiger partial charge in [-0.3, -0.25) is 4.98 Å². The normalized spacial score (nSPS) is 21.6. The van der Waals surface area contributed by atoms with Gasteiger partial charge in [0.1, 0.15) is 5.75 Å². The molecule has 1 saturated heterocycles. The third-order valence-electron chi connectivity index (χ3n) is 3.84. The minimum atomic E-state index is 0.0677. The third-order valence-corrected chi connectivity index (χ3v) is 3.84. The van der Waals surface area contributed by atoms with Gasteiger partial charge in [0.25, 0.3) is 0 Å². The van der Waals surface area contributed by atoms with Gasteiger partial charge in [0.2, 0.25) is 0 Å². The average molecular weight is 284 g/mol. The Morgan fingerprint density at radius 2 is 2.05 bits per heavy atom. The molecule has 1 aromatic heterocycles. The van der Waals surface area contributed by atoms with Crippen molar-refractivity contribution >= 4 is 0 Å². The summed E-state index contributed by atoms with van der Waals surface area (Å²) in [6.07, 6.45) is 1.03. The van der Waals surface area contributed by atoms with Crippen LogP contribution in [0.3, 0.4) is 0 Å². The maximum atomic E-state index is 9.86. The summed E-state index contributed by atoms with van der Waals surface area (Å²) in [5.41, 5.74) is 2.79. The summed E-state index contributed by atoms with van der Waals surface area (Å²) in [5.74, 6) is 0.239. The topological polar surface area (TPSA) is 54.4 Å². The lowest BCUT2D eigenvalue weighted by atomic mass is 10.0. The van der Waals surface area contributed by atoms with Gasteiger partial charge in [-0.05, 0) is 31.0 Å². The van der Waals surface area contributed by atoms with Gasteiger partial charge >= 0.3 is 0 Å². The molecule has 1 aliphatic heterocycles. The molecule has 1 aromatic carbocycles. The van der Waals surface area contributed by atoms with Gasteiger partial charge in [0.15, 0.2) is 0 Å². The highest BCUT2D eigenvalue weighted by Gasteiger charge is 2.29. The Balaban J connectivity index is 1.68. The fourth-order valence-electron chi connectivity index (χ4n) is 2.73. The zero-order valence-corrected chi connectivity index (χ0v) is 12.1. The van der Waals surface area contributed by atoms with Crippen LogP contribution >= 0.6 is 0 Å². The number of aromatic hydroxyl groups is 1. The number of aromatic nitrogens is 1. The lowest BCUT2D eigenvalue weighted by Crippen LogP contribution is -2.31. The number of rotatable bonds is 4. The molecular formula is C17H20N2O2. The maximum Gasteiger partial charge on any atom is 0.138 e. The van der Waals surface area contributed by atoms with Crippen LogP contribution in [0.15, 0.2) is 42.5 Å². The van der Waals surface area contributed by atoms with Gasteiger partial charge in [-0.25, -0.2) is 0 Å². The Kier molecular flexibility index (Phi) is 4.18. The van der Waals surface area contributed by atoms with Gasteiger partial charge in [0, 0.05) is 24.9 Å². The van der Waals surface area contributed by atoms with E-state index in [2.05, 4.69) is 22.4 Å². The molecule has 0 aliphatic carbocycles. The number of ether oxygens (including phenoxy) is 1. The predicted molar refractivity (Wildman–Crippen MR) is 81.0 cm³/mol. The van der Waals surface area contributed by atoms with Crippen LogP contribution in [0.4, 0.5) is 0 Å². The second-order valence-electron chi connectivity index (χ2n) is 5.40. The Hall–Kier alpha value is -1.91. The summed E-state index contributed by atoms with van der Waals surface area (Å²) in [5, 5.41) is 13.3. The van der Waals surface area contributed by atoms with Crippen molar-refractivity contribution in [2.75, 3.05) is 6.61 Å². The van der Waals surface area contributed by atoms with Crippen LogP contribution in [0.25, 0.3) is 0 Å². The summed E-state index contributed by atoms with van der Waals surface area (Å²) >= 11 is 0. The minimum Gasteiger partial charge on any atom is -0.506 e. The standard InChI is InChI=1S/C17H20N2O2/c1-12-7-8-16(20)15(19-12)11-18-14-9-10-21-17(14)13-5-3-2-4-6-13/h2-8,14,17-18,20H,9-11H2,1H3/t14-,17+/m0/s1. The number of nitrogens with zero attached hydrogens (tertiary/aromatic N) is 1. The summed E-state index contributed by atoms with van der Waals surface area (Å²) in [7, 11) is 0. The SMILES string of the molecule is Cc1ccc(O)c(CN[C@H]2CCO[C@@H]2c2ccccc2)n1. The number of hydrogen-bond donors (Lipinski definition) is 2. The van der Waals surface area contributed by atoms with Crippen molar-refractivity contribution in [1.82, 2.24) is 10.3 Å². The van der Waals surface area contributed by atoms with Crippen LogP contribution in [-0.2, 0) is 11.3 Å². The van der Waals surface area contributed by atoms with Gasteiger partial charge in [-0.2, -0.15) is 0 Å². The van der Waals surface area contributed by atoms with E-state index in [0.717, 1.165) is 18.7 Å². The lowest BCUT2D eigenvalue weighted by molar-refractivity contribution is 0.0983. The first-order valence-corrected chi connectivity index (χ1v) is 7.29. The van der Waals surface area contributed by atoms with Crippen LogP contribution in [0.1, 0.15) is 29.5 Å². The highest BCUT2D eigenvalue weighted by molar-refractivity contribution is 5.27. The zero-order valence-electron chi connectivity index (χ0n) is 12.1. The van der Waals surface area contributed by atoms with Crippen molar-refractivity contribution in [3.8, 4) is 5.75 Å². The zero-order chi connectivity index (χ0) is 14.7. The first-order valence-electron chi connectivity index (χ1n) is 7.29. The summed E-state index contributed by atoms with van der Waals surface area (Å²) in [4.78, 5) is 4.38. The van der Waals surface area contributed by atoms with Gasteiger partial charge in [-0.1, -0.05) is 30.3 Å². The van der Waals surface area contributed by atoms with Crippen LogP contribution < -0.4 is 5.32 Å². The van der Waals surface area contributed by atoms with Crippen LogP contribution in [0.5, 0.6) is 5.75 Å². The van der Waals surface area contributed by atoms with Crippen molar-refractivity contribution < 1.29 is 9.84 Å². The van der Waals surface area contributed by atoms with Crippen molar-refractivity contribution in [2.24, 2.45) is 0 Å². The fraction of sp³-hybridized carbons (Fsp3) is 0.353. The van der Waals surface area contributed by atoms with E-state index in [0.29, 0.717) is 12.2 Å². The molecule has 2 aromatic rings. The van der Waals surface area contributed by atoms with E-state index in [1.807, 2.05) is 31.2 Å². The molecule has 4 heteroatoms. The molecule has 0 amide bonds. The van der Waals surface area contributed by atoms with Crippen molar-refractivity contribution in [3.05, 3.63) is 59.4 Å². The number of nitrogens with one attached hydrogen (secondary N) is 1. The molecule has 0 spiro atoms. The second kappa shape index (κ2) is 6.24. The van der Waals surface area contributed by atoms with Gasteiger partial charge in [0.05, 0.1) is 11.8 Å². The molecule has 0 bridgehead atoms. The van der Waals surface area contributed by atoms with E-state index >= 15 is 0 Å². The van der Waals surface area contributed by atoms with E-state index in [-0.39, 0.29) is 17.9 Å². The highest BCUT2D eigenvalue weighted by Crippen LogP contribution is 2.29. The molecular weight excluding hydrogens is 264 g/mol. The molecule has 2 N–H and O–H groups in total. The quantitative estimate of drug-likeness (QED) is 0.906. The second-order valence-corrected chi connectivity index (χ2v) is 5.40. The first-order chi connectivity index (χ1) is 10.2. The van der Waals surface area contributed by atoms with Crippen LogP contribution in [0, 0.1) is 6.92 Å². The Labute approximate surface area is 124 Å². The molecule has 0 saturated carbocycles. The third kappa shape index (κ3) is 3.23. The molecule has 3 rings (SSSR count). The molecule has 0 unspecified atom stereocenters. The smallest absolute Gasteiger partial charge is 0.138 e. The Bertz CT molecular complexity index is 601. The number of pyridine rings is 1. The maximum absolute atomic E-state index is 9.86. The monoisotopic (exact) mass is 284 g/mol. The highest BCUT2D eigenvalue weighted by atomic mass is 16.5. The predicted octanol–water partition coefficient (Wildman–Crippen LogP) is 2.72. The van der Waals surface area contributed by atoms with E-state index in [1.54, 1.807) is 6.07 Å². The molecule has 1 aliphatic rings. The fourth-order valence-corrected chi connectivity index (χ4v) is 2.73. The molecule has 21 heavy (non-hydrogen) atoms. The summed E-state index contributed by atoms with van der Waals surface area (Å²) in [6.45, 7) is 3.23. The van der Waals surface area contributed by atoms with Crippen LogP contribution in [0.2, 0.25) is 0 Å². The number of benzene rings is 1. The molecule has 2 heterocycles. The summed E-state index contributed by atoms with van der Waals surface area (Å²) < 4.78 is 5.85. The molecule has 110 valence electrons. The largest absolute Gasteiger partial charge is 0.506 e.